The Bertz CT molecular complexity index is 1500. The first-order chi connectivity index (χ1) is 18.3. The van der Waals surface area contributed by atoms with E-state index in [1.54, 1.807) is 32.1 Å². The van der Waals surface area contributed by atoms with Crippen molar-refractivity contribution in [2.75, 3.05) is 19.6 Å². The number of aromatic nitrogens is 2. The minimum Gasteiger partial charge on any atom is -0.293 e. The van der Waals surface area contributed by atoms with Gasteiger partial charge in [0.05, 0.1) is 15.5 Å². The zero-order chi connectivity index (χ0) is 26.9. The van der Waals surface area contributed by atoms with Gasteiger partial charge in [-0.1, -0.05) is 68.2 Å². The van der Waals surface area contributed by atoms with Crippen LogP contribution in [-0.2, 0) is 14.8 Å². The Labute approximate surface area is 233 Å². The van der Waals surface area contributed by atoms with Crippen LogP contribution in [0.15, 0.2) is 70.6 Å². The number of para-hydroxylation sites is 1. The maximum atomic E-state index is 13.5. The van der Waals surface area contributed by atoms with E-state index in [1.165, 1.54) is 11.8 Å². The molecule has 2 aromatic carbocycles. The van der Waals surface area contributed by atoms with Crippen LogP contribution in [0, 0.1) is 5.92 Å². The third-order valence-electron chi connectivity index (χ3n) is 6.74. The van der Waals surface area contributed by atoms with E-state index in [4.69, 9.17) is 17.3 Å². The molecule has 0 aliphatic carbocycles. The van der Waals surface area contributed by atoms with Crippen LogP contribution < -0.4 is 0 Å². The lowest BCUT2D eigenvalue weighted by Gasteiger charge is -2.30. The molecule has 10 heteroatoms. The molecule has 7 nitrogen and oxygen atoms in total. The molecule has 1 aromatic heterocycles. The summed E-state index contributed by atoms with van der Waals surface area (Å²) in [6.07, 6.45) is 6.39. The fourth-order valence-corrected chi connectivity index (χ4v) is 7.75. The van der Waals surface area contributed by atoms with Gasteiger partial charge in [0, 0.05) is 37.0 Å². The van der Waals surface area contributed by atoms with Gasteiger partial charge < -0.3 is 0 Å². The zero-order valence-electron chi connectivity index (χ0n) is 21.4. The molecule has 5 rings (SSSR count). The van der Waals surface area contributed by atoms with Gasteiger partial charge >= 0.3 is 0 Å². The largest absolute Gasteiger partial charge is 0.293 e. The molecule has 3 aromatic rings. The van der Waals surface area contributed by atoms with Crippen LogP contribution in [0.5, 0.6) is 0 Å². The molecule has 1 amide bonds. The predicted octanol–water partition coefficient (Wildman–Crippen LogP) is 5.57. The van der Waals surface area contributed by atoms with Crippen molar-refractivity contribution < 1.29 is 13.2 Å². The smallest absolute Gasteiger partial charge is 0.266 e. The van der Waals surface area contributed by atoms with Gasteiger partial charge in [-0.25, -0.2) is 13.1 Å². The summed E-state index contributed by atoms with van der Waals surface area (Å²) >= 11 is 6.73. The van der Waals surface area contributed by atoms with Crippen molar-refractivity contribution in [2.45, 2.75) is 38.0 Å². The molecule has 3 heterocycles. The lowest BCUT2D eigenvalue weighted by atomic mass is 10.0. The molecule has 38 heavy (non-hydrogen) atoms. The first-order valence-corrected chi connectivity index (χ1v) is 15.5. The quantitative estimate of drug-likeness (QED) is 0.275. The lowest BCUT2D eigenvalue weighted by molar-refractivity contribution is -0.122. The second-order valence-electron chi connectivity index (χ2n) is 9.68. The van der Waals surface area contributed by atoms with Gasteiger partial charge in [-0.15, -0.1) is 0 Å². The lowest BCUT2D eigenvalue weighted by Crippen LogP contribution is -2.39. The number of rotatable bonds is 7. The Morgan fingerprint density at radius 3 is 2.68 bits per heavy atom. The summed E-state index contributed by atoms with van der Waals surface area (Å²) in [7, 11) is -3.63. The van der Waals surface area contributed by atoms with Gasteiger partial charge in [-0.3, -0.25) is 9.69 Å². The maximum absolute atomic E-state index is 13.5. The Morgan fingerprint density at radius 2 is 1.95 bits per heavy atom. The third-order valence-corrected chi connectivity index (χ3v) is 9.97. The Balaban J connectivity index is 1.58. The van der Waals surface area contributed by atoms with Crippen LogP contribution in [0.3, 0.4) is 0 Å². The van der Waals surface area contributed by atoms with Crippen molar-refractivity contribution in [2.24, 2.45) is 5.92 Å². The summed E-state index contributed by atoms with van der Waals surface area (Å²) < 4.78 is 30.9. The fourth-order valence-electron chi connectivity index (χ4n) is 4.81. The number of carbonyl (C=O) groups excluding carboxylic acids is 1. The van der Waals surface area contributed by atoms with Gasteiger partial charge in [0.2, 0.25) is 10.0 Å². The number of benzene rings is 2. The van der Waals surface area contributed by atoms with E-state index in [0.717, 1.165) is 24.9 Å². The molecule has 2 fully saturated rings. The summed E-state index contributed by atoms with van der Waals surface area (Å²) in [5, 5.41) is 4.84. The number of amides is 1. The number of piperidine rings is 1. The average Bonchev–Trinajstić information content (AvgIpc) is 3.46. The summed E-state index contributed by atoms with van der Waals surface area (Å²) in [5.41, 5.74) is 2.84. The molecule has 0 spiro atoms. The highest BCUT2D eigenvalue weighted by atomic mass is 32.2. The van der Waals surface area contributed by atoms with Crippen LogP contribution >= 0.6 is 24.0 Å². The molecule has 1 unspecified atom stereocenters. The van der Waals surface area contributed by atoms with E-state index in [9.17, 15) is 13.2 Å². The summed E-state index contributed by atoms with van der Waals surface area (Å²) in [6.45, 7) is 5.73. The number of hydrogen-bond acceptors (Lipinski definition) is 6. The van der Waals surface area contributed by atoms with Crippen molar-refractivity contribution in [3.63, 3.8) is 0 Å². The number of sulfonamides is 1. The van der Waals surface area contributed by atoms with Crippen LogP contribution in [-0.4, -0.2) is 57.3 Å². The fraction of sp³-hybridized carbons (Fsp3) is 0.321. The molecular formula is C28H30N4O3S3. The normalized spacial score (nSPS) is 20.0. The Kier molecular flexibility index (Phi) is 7.85. The second kappa shape index (κ2) is 11.1. The van der Waals surface area contributed by atoms with Crippen molar-refractivity contribution in [3.05, 3.63) is 71.3 Å². The van der Waals surface area contributed by atoms with Crippen LogP contribution in [0.25, 0.3) is 23.0 Å². The predicted molar refractivity (Wildman–Crippen MR) is 156 cm³/mol. The number of nitrogens with zero attached hydrogens (tertiary/aromatic N) is 4. The molecule has 2 saturated heterocycles. The first kappa shape index (κ1) is 26.8. The third kappa shape index (κ3) is 5.36. The van der Waals surface area contributed by atoms with E-state index >= 15 is 0 Å². The van der Waals surface area contributed by atoms with E-state index in [1.807, 2.05) is 55.6 Å². The molecule has 2 aliphatic rings. The average molecular weight is 567 g/mol. The van der Waals surface area contributed by atoms with Crippen molar-refractivity contribution in [3.8, 4) is 16.9 Å². The van der Waals surface area contributed by atoms with Gasteiger partial charge in [0.25, 0.3) is 5.91 Å². The van der Waals surface area contributed by atoms with Gasteiger partial charge in [0.15, 0.2) is 0 Å². The molecule has 198 valence electrons. The van der Waals surface area contributed by atoms with Crippen LogP contribution in [0.4, 0.5) is 0 Å². The van der Waals surface area contributed by atoms with Crippen molar-refractivity contribution >= 4 is 50.3 Å². The van der Waals surface area contributed by atoms with Crippen molar-refractivity contribution in [1.82, 2.24) is 19.0 Å². The highest BCUT2D eigenvalue weighted by Crippen LogP contribution is 2.35. The number of carbonyl (C=O) groups is 1. The standard InChI is InChI=1S/C28H30N4O3S3/c1-3-14-31-27(33)25(37-28(31)36)17-22-19-32(23-11-5-4-6-12-23)29-26(22)21-10-7-13-24(16-21)38(34,35)30-15-8-9-20(2)18-30/h4-7,10-13,16-17,19-20H,3,8-9,14-15,18H2,1-2H3. The van der Waals surface area contributed by atoms with E-state index < -0.39 is 10.0 Å². The second-order valence-corrected chi connectivity index (χ2v) is 13.3. The monoisotopic (exact) mass is 566 g/mol. The number of thiocarbonyl (C=S) groups is 1. The minimum atomic E-state index is -3.63. The summed E-state index contributed by atoms with van der Waals surface area (Å²) in [5.74, 6) is 0.220. The molecule has 0 bridgehead atoms. The zero-order valence-corrected chi connectivity index (χ0v) is 23.9. The topological polar surface area (TPSA) is 75.5 Å². The molecular weight excluding hydrogens is 537 g/mol. The number of hydrogen-bond donors (Lipinski definition) is 0. The SMILES string of the molecule is CCCN1C(=O)C(=Cc2cn(-c3ccccc3)nc2-c2cccc(S(=O)(=O)N3CCCC(C)C3)c2)SC1=S. The summed E-state index contributed by atoms with van der Waals surface area (Å²) in [4.78, 5) is 15.5. The Hall–Kier alpha value is -2.79. The molecule has 0 radical (unpaired) electrons. The van der Waals surface area contributed by atoms with Crippen LogP contribution in [0.2, 0.25) is 0 Å². The Morgan fingerprint density at radius 1 is 1.16 bits per heavy atom. The molecule has 0 N–H and O–H groups in total. The minimum absolute atomic E-state index is 0.115. The molecule has 1 atom stereocenters. The maximum Gasteiger partial charge on any atom is 0.266 e. The molecule has 2 aliphatic heterocycles. The highest BCUT2D eigenvalue weighted by Gasteiger charge is 2.32. The first-order valence-electron chi connectivity index (χ1n) is 12.8. The van der Waals surface area contributed by atoms with Crippen molar-refractivity contribution in [1.29, 1.82) is 0 Å². The number of thioether (sulfide) groups is 1. The summed E-state index contributed by atoms with van der Waals surface area (Å²) in [6, 6.07) is 16.6. The van der Waals surface area contributed by atoms with Gasteiger partial charge in [-0.05, 0) is 55.5 Å². The van der Waals surface area contributed by atoms with Gasteiger partial charge in [-0.2, -0.15) is 9.40 Å². The van der Waals surface area contributed by atoms with Gasteiger partial charge in [0.1, 0.15) is 10.0 Å². The van der Waals surface area contributed by atoms with E-state index in [-0.39, 0.29) is 10.8 Å². The molecule has 0 saturated carbocycles. The van der Waals surface area contributed by atoms with E-state index in [0.29, 0.717) is 51.6 Å². The van der Waals surface area contributed by atoms with E-state index in [2.05, 4.69) is 6.92 Å². The highest BCUT2D eigenvalue weighted by molar-refractivity contribution is 8.26. The van der Waals surface area contributed by atoms with Crippen LogP contribution in [0.1, 0.15) is 38.7 Å².